The van der Waals surface area contributed by atoms with Crippen molar-refractivity contribution in [2.45, 2.75) is 6.42 Å². The summed E-state index contributed by atoms with van der Waals surface area (Å²) < 4.78 is 0. The van der Waals surface area contributed by atoms with Gasteiger partial charge in [0, 0.05) is 23.5 Å². The Labute approximate surface area is 90.9 Å². The third kappa shape index (κ3) is 1.75. The second-order valence-corrected chi connectivity index (χ2v) is 3.50. The average Bonchev–Trinajstić information content (AvgIpc) is 2.61. The number of fused-ring (bicyclic) bond motifs is 1. The van der Waals surface area contributed by atoms with Gasteiger partial charge in [-0.3, -0.25) is 5.41 Å². The number of aromatic nitrogens is 1. The Morgan fingerprint density at radius 1 is 1.44 bits per heavy atom. The Balaban J connectivity index is 2.41. The van der Waals surface area contributed by atoms with Crippen molar-refractivity contribution < 1.29 is 15.0 Å². The Kier molecular flexibility index (Phi) is 2.36. The van der Waals surface area contributed by atoms with Gasteiger partial charge in [-0.2, -0.15) is 0 Å². The maximum Gasteiger partial charge on any atom is 0.349 e. The molecule has 0 bridgehead atoms. The van der Waals surface area contributed by atoms with Crippen molar-refractivity contribution in [2.24, 2.45) is 0 Å². The molecule has 1 aromatic heterocycles. The number of nitrogens with one attached hydrogen (secondary N) is 2. The van der Waals surface area contributed by atoms with Crippen LogP contribution in [0.25, 0.3) is 10.9 Å². The summed E-state index contributed by atoms with van der Waals surface area (Å²) in [6, 6.07) is 4.81. The van der Waals surface area contributed by atoms with Crippen LogP contribution in [0, 0.1) is 5.41 Å². The van der Waals surface area contributed by atoms with E-state index in [0.29, 0.717) is 5.56 Å². The van der Waals surface area contributed by atoms with Crippen LogP contribution in [0.5, 0.6) is 5.75 Å². The molecule has 16 heavy (non-hydrogen) atoms. The number of aliphatic carboxylic acids is 1. The summed E-state index contributed by atoms with van der Waals surface area (Å²) >= 11 is 0. The molecule has 0 aliphatic carbocycles. The Bertz CT molecular complexity index is 572. The number of carbonyl (C=O) groups is 1. The van der Waals surface area contributed by atoms with Crippen LogP contribution in [-0.2, 0) is 11.2 Å². The van der Waals surface area contributed by atoms with Gasteiger partial charge < -0.3 is 15.2 Å². The van der Waals surface area contributed by atoms with Gasteiger partial charge in [0.25, 0.3) is 0 Å². The molecule has 2 rings (SSSR count). The van der Waals surface area contributed by atoms with Crippen LogP contribution in [0.15, 0.2) is 24.4 Å². The quantitative estimate of drug-likeness (QED) is 0.588. The predicted molar refractivity (Wildman–Crippen MR) is 59.0 cm³/mol. The molecule has 82 valence electrons. The van der Waals surface area contributed by atoms with Crippen LogP contribution in [0.3, 0.4) is 0 Å². The number of hydrogen-bond acceptors (Lipinski definition) is 3. The zero-order valence-electron chi connectivity index (χ0n) is 8.32. The van der Waals surface area contributed by atoms with E-state index in [2.05, 4.69) is 4.98 Å². The van der Waals surface area contributed by atoms with E-state index in [9.17, 15) is 9.90 Å². The summed E-state index contributed by atoms with van der Waals surface area (Å²) in [5.41, 5.74) is 1.13. The van der Waals surface area contributed by atoms with Crippen LogP contribution in [0.1, 0.15) is 5.56 Å². The maximum atomic E-state index is 10.5. The van der Waals surface area contributed by atoms with E-state index in [1.807, 2.05) is 0 Å². The predicted octanol–water partition coefficient (Wildman–Crippen LogP) is 1.52. The molecular formula is C11H10N2O3. The number of carboxylic acids is 1. The molecule has 0 radical (unpaired) electrons. The molecule has 5 heteroatoms. The van der Waals surface area contributed by atoms with E-state index in [4.69, 9.17) is 10.5 Å². The minimum Gasteiger partial charge on any atom is -0.508 e. The van der Waals surface area contributed by atoms with Gasteiger partial charge in [-0.25, -0.2) is 4.79 Å². The smallest absolute Gasteiger partial charge is 0.349 e. The monoisotopic (exact) mass is 218 g/mol. The number of phenols is 1. The lowest BCUT2D eigenvalue weighted by molar-refractivity contribution is -0.129. The lowest BCUT2D eigenvalue weighted by Gasteiger charge is -1.98. The molecule has 0 unspecified atom stereocenters. The van der Waals surface area contributed by atoms with Gasteiger partial charge in [0.05, 0.1) is 0 Å². The van der Waals surface area contributed by atoms with E-state index in [1.165, 1.54) is 0 Å². The molecule has 1 aromatic carbocycles. The first kappa shape index (κ1) is 10.2. The summed E-state index contributed by atoms with van der Waals surface area (Å²) in [5, 5.41) is 26.0. The molecule has 0 amide bonds. The number of hydrogen-bond donors (Lipinski definition) is 4. The summed E-state index contributed by atoms with van der Waals surface area (Å²) in [4.78, 5) is 13.5. The van der Waals surface area contributed by atoms with Crippen LogP contribution in [0.2, 0.25) is 0 Å². The van der Waals surface area contributed by atoms with Gasteiger partial charge in [0.1, 0.15) is 11.5 Å². The topological polar surface area (TPSA) is 97.2 Å². The van der Waals surface area contributed by atoms with E-state index in [1.54, 1.807) is 24.4 Å². The molecule has 0 saturated carbocycles. The zero-order chi connectivity index (χ0) is 11.7. The van der Waals surface area contributed by atoms with Crippen LogP contribution < -0.4 is 0 Å². The molecule has 2 aromatic rings. The highest BCUT2D eigenvalue weighted by atomic mass is 16.4. The van der Waals surface area contributed by atoms with Gasteiger partial charge in [-0.1, -0.05) is 0 Å². The fourth-order valence-electron chi connectivity index (χ4n) is 1.58. The Hall–Kier alpha value is -2.30. The third-order valence-corrected chi connectivity index (χ3v) is 2.38. The average molecular weight is 218 g/mol. The normalized spacial score (nSPS) is 10.5. The minimum atomic E-state index is -1.23. The summed E-state index contributed by atoms with van der Waals surface area (Å²) in [6.07, 6.45) is 1.69. The minimum absolute atomic E-state index is 0.0405. The van der Waals surface area contributed by atoms with Gasteiger partial charge in [0.15, 0.2) is 0 Å². The van der Waals surface area contributed by atoms with E-state index in [-0.39, 0.29) is 17.9 Å². The second kappa shape index (κ2) is 3.69. The van der Waals surface area contributed by atoms with Crippen LogP contribution in [0.4, 0.5) is 0 Å². The number of aromatic amines is 1. The number of rotatable bonds is 3. The van der Waals surface area contributed by atoms with Crippen molar-refractivity contribution in [1.82, 2.24) is 4.98 Å². The van der Waals surface area contributed by atoms with Crippen molar-refractivity contribution in [1.29, 1.82) is 5.41 Å². The SMILES string of the molecule is N=C(Cc1c[nH]c2ccc(O)cc12)C(=O)O. The highest BCUT2D eigenvalue weighted by molar-refractivity contribution is 6.34. The molecule has 0 atom stereocenters. The van der Waals surface area contributed by atoms with Gasteiger partial charge >= 0.3 is 5.97 Å². The molecule has 0 saturated heterocycles. The van der Waals surface area contributed by atoms with Crippen molar-refractivity contribution in [3.63, 3.8) is 0 Å². The second-order valence-electron chi connectivity index (χ2n) is 3.50. The number of phenolic OH excluding ortho intramolecular Hbond substituents is 1. The molecule has 0 spiro atoms. The molecule has 1 heterocycles. The van der Waals surface area contributed by atoms with Crippen molar-refractivity contribution in [3.05, 3.63) is 30.0 Å². The fourth-order valence-corrected chi connectivity index (χ4v) is 1.58. The van der Waals surface area contributed by atoms with Crippen molar-refractivity contribution in [2.75, 3.05) is 0 Å². The third-order valence-electron chi connectivity index (χ3n) is 2.38. The van der Waals surface area contributed by atoms with E-state index in [0.717, 1.165) is 10.9 Å². The largest absolute Gasteiger partial charge is 0.508 e. The van der Waals surface area contributed by atoms with Crippen molar-refractivity contribution >= 4 is 22.6 Å². The maximum absolute atomic E-state index is 10.5. The Morgan fingerprint density at radius 2 is 2.19 bits per heavy atom. The zero-order valence-corrected chi connectivity index (χ0v) is 8.32. The highest BCUT2D eigenvalue weighted by Crippen LogP contribution is 2.23. The molecule has 0 fully saturated rings. The lowest BCUT2D eigenvalue weighted by atomic mass is 10.1. The first-order valence-corrected chi connectivity index (χ1v) is 4.67. The molecule has 4 N–H and O–H groups in total. The standard InChI is InChI=1S/C11H10N2O3/c12-9(11(15)16)3-6-5-13-10-2-1-7(14)4-8(6)10/h1-2,4-5,12-14H,3H2,(H,15,16). The van der Waals surface area contributed by atoms with E-state index < -0.39 is 5.97 Å². The summed E-state index contributed by atoms with van der Waals surface area (Å²) in [6.45, 7) is 0. The Morgan fingerprint density at radius 3 is 2.88 bits per heavy atom. The molecular weight excluding hydrogens is 208 g/mol. The van der Waals surface area contributed by atoms with E-state index >= 15 is 0 Å². The summed E-state index contributed by atoms with van der Waals surface area (Å²) in [5.74, 6) is -1.11. The molecule has 0 aliphatic rings. The molecule has 5 nitrogen and oxygen atoms in total. The summed E-state index contributed by atoms with van der Waals surface area (Å²) in [7, 11) is 0. The number of benzene rings is 1. The molecule has 0 aliphatic heterocycles. The number of aromatic hydroxyl groups is 1. The van der Waals surface area contributed by atoms with Crippen LogP contribution >= 0.6 is 0 Å². The van der Waals surface area contributed by atoms with Crippen molar-refractivity contribution in [3.8, 4) is 5.75 Å². The first-order valence-electron chi connectivity index (χ1n) is 4.67. The van der Waals surface area contributed by atoms with Gasteiger partial charge in [-0.05, 0) is 23.8 Å². The first-order chi connectivity index (χ1) is 7.58. The van der Waals surface area contributed by atoms with Gasteiger partial charge in [0.2, 0.25) is 0 Å². The fraction of sp³-hybridized carbons (Fsp3) is 0.0909. The lowest BCUT2D eigenvalue weighted by Crippen LogP contribution is -2.13. The highest BCUT2D eigenvalue weighted by Gasteiger charge is 2.11. The number of carboxylic acid groups (broad SMARTS) is 1. The van der Waals surface area contributed by atoms with Gasteiger partial charge in [-0.15, -0.1) is 0 Å². The van der Waals surface area contributed by atoms with Crippen LogP contribution in [-0.4, -0.2) is 26.9 Å². The number of H-pyrrole nitrogens is 1.